The zero-order valence-corrected chi connectivity index (χ0v) is 6.76. The number of allylic oxidation sites excluding steroid dienone is 1. The van der Waals surface area contributed by atoms with Crippen LogP contribution in [-0.4, -0.2) is 13.8 Å². The molecule has 5 heteroatoms. The molecule has 0 aromatic rings. The highest BCUT2D eigenvalue weighted by Gasteiger charge is 2.15. The highest BCUT2D eigenvalue weighted by atomic mass is 32.2. The second kappa shape index (κ2) is 3.58. The molecule has 0 aliphatic rings. The first-order chi connectivity index (χ1) is 4.50. The van der Waals surface area contributed by atoms with Crippen LogP contribution in [0.5, 0.6) is 0 Å². The lowest BCUT2D eigenvalue weighted by Crippen LogP contribution is -2.27. The zero-order valence-electron chi connectivity index (χ0n) is 5.94. The van der Waals surface area contributed by atoms with E-state index in [4.69, 9.17) is 5.73 Å². The minimum Gasteiger partial charge on any atom is -0.390 e. The standard InChI is InChI=1S/C5H11NO3S/c1-3-4-9-10(7,8)5(2)6/h3-5H,6H2,1-2H3. The summed E-state index contributed by atoms with van der Waals surface area (Å²) in [6.07, 6.45) is 2.55. The van der Waals surface area contributed by atoms with Crippen molar-refractivity contribution in [1.29, 1.82) is 0 Å². The Kier molecular flexibility index (Phi) is 3.38. The third-order valence-electron chi connectivity index (χ3n) is 0.781. The molecule has 0 heterocycles. The molecule has 0 fully saturated rings. The van der Waals surface area contributed by atoms with Gasteiger partial charge in [-0.05, 0) is 13.8 Å². The van der Waals surface area contributed by atoms with E-state index in [0.717, 1.165) is 6.26 Å². The van der Waals surface area contributed by atoms with Gasteiger partial charge in [0.15, 0.2) is 0 Å². The fourth-order valence-electron chi connectivity index (χ4n) is 0.221. The van der Waals surface area contributed by atoms with E-state index in [1.165, 1.54) is 13.0 Å². The summed E-state index contributed by atoms with van der Waals surface area (Å²) >= 11 is 0. The van der Waals surface area contributed by atoms with Crippen molar-refractivity contribution in [2.75, 3.05) is 0 Å². The van der Waals surface area contributed by atoms with Crippen molar-refractivity contribution in [3.63, 3.8) is 0 Å². The lowest BCUT2D eigenvalue weighted by Gasteiger charge is -2.04. The zero-order chi connectivity index (χ0) is 8.20. The van der Waals surface area contributed by atoms with Crippen molar-refractivity contribution >= 4 is 10.1 Å². The predicted molar refractivity (Wildman–Crippen MR) is 38.5 cm³/mol. The Morgan fingerprint density at radius 3 is 2.40 bits per heavy atom. The molecular weight excluding hydrogens is 154 g/mol. The molecule has 10 heavy (non-hydrogen) atoms. The summed E-state index contributed by atoms with van der Waals surface area (Å²) in [6.45, 7) is 3.00. The molecule has 0 aromatic heterocycles. The summed E-state index contributed by atoms with van der Waals surface area (Å²) in [5.74, 6) is 0. The SMILES string of the molecule is CC=COS(=O)(=O)C(C)N. The third kappa shape index (κ3) is 2.84. The molecule has 2 N–H and O–H groups in total. The molecule has 0 aliphatic carbocycles. The Morgan fingerprint density at radius 1 is 1.60 bits per heavy atom. The molecule has 0 spiro atoms. The number of nitrogens with two attached hydrogens (primary N) is 1. The van der Waals surface area contributed by atoms with Crippen LogP contribution in [0.3, 0.4) is 0 Å². The van der Waals surface area contributed by atoms with Crippen LogP contribution >= 0.6 is 0 Å². The quantitative estimate of drug-likeness (QED) is 0.478. The maximum absolute atomic E-state index is 10.7. The van der Waals surface area contributed by atoms with Gasteiger partial charge >= 0.3 is 10.1 Å². The van der Waals surface area contributed by atoms with Gasteiger partial charge in [-0.25, -0.2) is 0 Å². The average Bonchev–Trinajstić information content (AvgIpc) is 1.84. The van der Waals surface area contributed by atoms with Crippen LogP contribution in [0, 0.1) is 0 Å². The Bertz CT molecular complexity index is 205. The predicted octanol–water partition coefficient (Wildman–Crippen LogP) is 0.171. The molecule has 0 rings (SSSR count). The first-order valence-corrected chi connectivity index (χ1v) is 4.26. The van der Waals surface area contributed by atoms with Crippen molar-refractivity contribution in [1.82, 2.24) is 0 Å². The fraction of sp³-hybridized carbons (Fsp3) is 0.600. The summed E-state index contributed by atoms with van der Waals surface area (Å²) in [5.41, 5.74) is 5.06. The second-order valence-electron chi connectivity index (χ2n) is 1.76. The van der Waals surface area contributed by atoms with Gasteiger partial charge in [0.05, 0.1) is 0 Å². The monoisotopic (exact) mass is 165 g/mol. The number of hydrogen-bond donors (Lipinski definition) is 1. The van der Waals surface area contributed by atoms with Crippen LogP contribution in [0.4, 0.5) is 0 Å². The van der Waals surface area contributed by atoms with E-state index in [9.17, 15) is 8.42 Å². The van der Waals surface area contributed by atoms with Gasteiger partial charge < -0.3 is 9.92 Å². The van der Waals surface area contributed by atoms with Gasteiger partial charge in [0.25, 0.3) is 0 Å². The van der Waals surface area contributed by atoms with Crippen molar-refractivity contribution in [2.45, 2.75) is 19.2 Å². The van der Waals surface area contributed by atoms with Crippen molar-refractivity contribution < 1.29 is 12.6 Å². The summed E-state index contributed by atoms with van der Waals surface area (Å²) in [7, 11) is -3.57. The Balaban J connectivity index is 4.16. The Labute approximate surface area is 60.8 Å². The summed E-state index contributed by atoms with van der Waals surface area (Å²) in [6, 6.07) is 0. The third-order valence-corrected chi connectivity index (χ3v) is 2.07. The molecule has 4 nitrogen and oxygen atoms in total. The molecule has 0 aliphatic heterocycles. The first-order valence-electron chi connectivity index (χ1n) is 2.79. The lowest BCUT2D eigenvalue weighted by atomic mass is 10.8. The molecule has 0 saturated heterocycles. The van der Waals surface area contributed by atoms with E-state index in [2.05, 4.69) is 4.18 Å². The van der Waals surface area contributed by atoms with E-state index in [0.29, 0.717) is 0 Å². The Hall–Kier alpha value is -0.550. The van der Waals surface area contributed by atoms with Gasteiger partial charge in [0.2, 0.25) is 0 Å². The average molecular weight is 165 g/mol. The molecule has 1 atom stereocenters. The molecule has 0 aromatic carbocycles. The molecule has 60 valence electrons. The smallest absolute Gasteiger partial charge is 0.324 e. The minimum absolute atomic E-state index is 0.983. The number of hydrogen-bond acceptors (Lipinski definition) is 4. The van der Waals surface area contributed by atoms with Crippen LogP contribution in [-0.2, 0) is 14.3 Å². The molecule has 1 unspecified atom stereocenters. The second-order valence-corrected chi connectivity index (χ2v) is 3.69. The first kappa shape index (κ1) is 9.45. The fourth-order valence-corrected chi connectivity index (χ4v) is 0.662. The maximum atomic E-state index is 10.7. The van der Waals surface area contributed by atoms with Crippen molar-refractivity contribution in [3.8, 4) is 0 Å². The highest BCUT2D eigenvalue weighted by molar-refractivity contribution is 7.87. The van der Waals surface area contributed by atoms with E-state index < -0.39 is 15.5 Å². The van der Waals surface area contributed by atoms with Gasteiger partial charge in [-0.15, -0.1) is 0 Å². The van der Waals surface area contributed by atoms with Gasteiger partial charge in [0, 0.05) is 0 Å². The van der Waals surface area contributed by atoms with Gasteiger partial charge in [-0.3, -0.25) is 0 Å². The Morgan fingerprint density at radius 2 is 2.10 bits per heavy atom. The highest BCUT2D eigenvalue weighted by Crippen LogP contribution is 1.97. The normalized spacial score (nSPS) is 15.5. The topological polar surface area (TPSA) is 69.4 Å². The van der Waals surface area contributed by atoms with Crippen molar-refractivity contribution in [2.24, 2.45) is 5.73 Å². The summed E-state index contributed by atoms with van der Waals surface area (Å²) in [5, 5.41) is -0.983. The molecular formula is C5H11NO3S. The van der Waals surface area contributed by atoms with Crippen LogP contribution in [0.25, 0.3) is 0 Å². The van der Waals surface area contributed by atoms with Gasteiger partial charge in [-0.2, -0.15) is 8.42 Å². The summed E-state index contributed by atoms with van der Waals surface area (Å²) < 4.78 is 25.7. The number of rotatable bonds is 3. The van der Waals surface area contributed by atoms with Crippen LogP contribution < -0.4 is 5.73 Å². The van der Waals surface area contributed by atoms with E-state index >= 15 is 0 Å². The molecule has 0 bridgehead atoms. The molecule has 0 saturated carbocycles. The van der Waals surface area contributed by atoms with E-state index in [1.54, 1.807) is 6.92 Å². The van der Waals surface area contributed by atoms with Crippen LogP contribution in [0.15, 0.2) is 12.3 Å². The van der Waals surface area contributed by atoms with Crippen molar-refractivity contribution in [3.05, 3.63) is 12.3 Å². The minimum atomic E-state index is -3.57. The lowest BCUT2D eigenvalue weighted by molar-refractivity contribution is 0.433. The largest absolute Gasteiger partial charge is 0.390 e. The van der Waals surface area contributed by atoms with E-state index in [1.807, 2.05) is 0 Å². The molecule has 0 radical (unpaired) electrons. The van der Waals surface area contributed by atoms with E-state index in [-0.39, 0.29) is 0 Å². The molecule has 0 amide bonds. The van der Waals surface area contributed by atoms with Crippen LogP contribution in [0.1, 0.15) is 13.8 Å². The maximum Gasteiger partial charge on any atom is 0.324 e. The van der Waals surface area contributed by atoms with Gasteiger partial charge in [-0.1, -0.05) is 6.08 Å². The van der Waals surface area contributed by atoms with Crippen LogP contribution in [0.2, 0.25) is 0 Å². The van der Waals surface area contributed by atoms with Gasteiger partial charge in [0.1, 0.15) is 11.6 Å². The summed E-state index contributed by atoms with van der Waals surface area (Å²) in [4.78, 5) is 0.